The summed E-state index contributed by atoms with van der Waals surface area (Å²) in [6.07, 6.45) is 1.03. The van der Waals surface area contributed by atoms with E-state index < -0.39 is 17.5 Å². The molecule has 1 aromatic carbocycles. The minimum atomic E-state index is -0.982. The molecule has 0 aromatic heterocycles. The number of carbonyl (C=O) groups is 1. The lowest BCUT2D eigenvalue weighted by atomic mass is 9.63. The lowest BCUT2D eigenvalue weighted by molar-refractivity contribution is -0.166. The summed E-state index contributed by atoms with van der Waals surface area (Å²) in [5, 5.41) is 19.5. The van der Waals surface area contributed by atoms with E-state index >= 15 is 0 Å². The highest BCUT2D eigenvalue weighted by molar-refractivity contribution is 9.10. The molecule has 1 atom stereocenters. The maximum Gasteiger partial charge on any atom is 0.312 e. The molecule has 1 unspecified atom stereocenters. The van der Waals surface area contributed by atoms with E-state index in [1.54, 1.807) is 12.1 Å². The summed E-state index contributed by atoms with van der Waals surface area (Å²) in [5.74, 6) is -0.901. The number of rotatable bonds is 3. The Hall–Kier alpha value is -0.870. The van der Waals surface area contributed by atoms with Gasteiger partial charge in [0.25, 0.3) is 0 Å². The molecule has 2 N–H and O–H groups in total. The van der Waals surface area contributed by atoms with Crippen molar-refractivity contribution in [3.63, 3.8) is 0 Å². The molecule has 2 rings (SSSR count). The lowest BCUT2D eigenvalue weighted by Gasteiger charge is -2.41. The molecule has 86 valence electrons. The summed E-state index contributed by atoms with van der Waals surface area (Å²) >= 11 is 3.34. The van der Waals surface area contributed by atoms with Crippen LogP contribution in [0.4, 0.5) is 0 Å². The summed E-state index contributed by atoms with van der Waals surface area (Å²) in [4.78, 5) is 11.3. The van der Waals surface area contributed by atoms with Crippen molar-refractivity contribution < 1.29 is 15.0 Å². The predicted molar refractivity (Wildman–Crippen MR) is 63.0 cm³/mol. The van der Waals surface area contributed by atoms with Gasteiger partial charge in [-0.05, 0) is 24.5 Å². The second-order valence-electron chi connectivity index (χ2n) is 4.24. The number of aliphatic hydroxyl groups is 1. The molecule has 0 spiro atoms. The van der Waals surface area contributed by atoms with Gasteiger partial charge in [-0.1, -0.05) is 40.5 Å². The average Bonchev–Trinajstić information content (AvgIpc) is 2.15. The molecule has 1 saturated carbocycles. The van der Waals surface area contributed by atoms with Gasteiger partial charge in [-0.25, -0.2) is 0 Å². The van der Waals surface area contributed by atoms with Gasteiger partial charge in [0.05, 0.1) is 11.5 Å². The molecular formula is C12H13BrO3. The second-order valence-corrected chi connectivity index (χ2v) is 5.09. The number of carboxylic acid groups (broad SMARTS) is 1. The zero-order valence-electron chi connectivity index (χ0n) is 8.69. The first-order valence-electron chi connectivity index (χ1n) is 5.24. The topological polar surface area (TPSA) is 57.5 Å². The molecule has 0 saturated heterocycles. The van der Waals surface area contributed by atoms with Crippen LogP contribution < -0.4 is 0 Å². The Bertz CT molecular complexity index is 412. The van der Waals surface area contributed by atoms with Crippen molar-refractivity contribution in [2.45, 2.75) is 25.4 Å². The highest BCUT2D eigenvalue weighted by Crippen LogP contribution is 2.51. The third-order valence-electron chi connectivity index (χ3n) is 3.39. The van der Waals surface area contributed by atoms with Crippen molar-refractivity contribution >= 4 is 21.9 Å². The van der Waals surface area contributed by atoms with Gasteiger partial charge in [0.2, 0.25) is 0 Å². The zero-order valence-corrected chi connectivity index (χ0v) is 10.3. The molecule has 1 aromatic rings. The predicted octanol–water partition coefficient (Wildman–Crippen LogP) is 2.74. The Morgan fingerprint density at radius 3 is 2.44 bits per heavy atom. The summed E-state index contributed by atoms with van der Waals surface area (Å²) in [6.45, 7) is 0. The van der Waals surface area contributed by atoms with Gasteiger partial charge in [0.15, 0.2) is 0 Å². The molecular weight excluding hydrogens is 272 g/mol. The number of hydrogen-bond acceptors (Lipinski definition) is 2. The molecule has 0 heterocycles. The molecule has 0 radical (unpaired) electrons. The molecule has 3 nitrogen and oxygen atoms in total. The van der Waals surface area contributed by atoms with Crippen LogP contribution in [0.1, 0.15) is 30.9 Å². The number of halogens is 1. The zero-order chi connectivity index (χ0) is 11.8. The van der Waals surface area contributed by atoms with E-state index in [1.807, 2.05) is 12.1 Å². The smallest absolute Gasteiger partial charge is 0.312 e. The molecule has 1 aliphatic carbocycles. The van der Waals surface area contributed by atoms with Crippen LogP contribution in [0.25, 0.3) is 0 Å². The lowest BCUT2D eigenvalue weighted by Crippen LogP contribution is -2.43. The van der Waals surface area contributed by atoms with E-state index in [9.17, 15) is 15.0 Å². The Kier molecular flexibility index (Phi) is 3.04. The third kappa shape index (κ3) is 1.66. The van der Waals surface area contributed by atoms with E-state index in [4.69, 9.17) is 0 Å². The Morgan fingerprint density at radius 2 is 2.00 bits per heavy atom. The van der Waals surface area contributed by atoms with Gasteiger partial charge in [0.1, 0.15) is 0 Å². The van der Waals surface area contributed by atoms with Crippen molar-refractivity contribution in [3.8, 4) is 0 Å². The van der Waals surface area contributed by atoms with Gasteiger partial charge in [0, 0.05) is 4.47 Å². The quantitative estimate of drug-likeness (QED) is 0.897. The number of carboxylic acids is 1. The number of hydrogen-bond donors (Lipinski definition) is 2. The fraction of sp³-hybridized carbons (Fsp3) is 0.417. The molecule has 0 aliphatic heterocycles. The molecule has 4 heteroatoms. The van der Waals surface area contributed by atoms with Gasteiger partial charge >= 0.3 is 5.97 Å². The summed E-state index contributed by atoms with van der Waals surface area (Å²) < 4.78 is 0.759. The maximum atomic E-state index is 11.3. The van der Waals surface area contributed by atoms with Gasteiger partial charge in [-0.2, -0.15) is 0 Å². The molecule has 16 heavy (non-hydrogen) atoms. The average molecular weight is 285 g/mol. The number of aliphatic carboxylic acids is 1. The fourth-order valence-corrected chi connectivity index (χ4v) is 2.66. The van der Waals surface area contributed by atoms with Gasteiger partial charge in [-0.3, -0.25) is 4.79 Å². The highest BCUT2D eigenvalue weighted by Gasteiger charge is 2.51. The van der Waals surface area contributed by atoms with Crippen molar-refractivity contribution in [2.75, 3.05) is 0 Å². The van der Waals surface area contributed by atoms with Crippen LogP contribution in [0.2, 0.25) is 0 Å². The standard InChI is InChI=1S/C12H13BrO3/c13-9-5-2-1-4-8(9)10(14)12(11(15)16)6-3-7-12/h1-2,4-5,10,14H,3,6-7H2,(H,15,16). The minimum absolute atomic E-state index is 0.546. The van der Waals surface area contributed by atoms with Crippen molar-refractivity contribution in [1.29, 1.82) is 0 Å². The number of benzene rings is 1. The molecule has 1 fully saturated rings. The Morgan fingerprint density at radius 1 is 1.38 bits per heavy atom. The molecule has 0 amide bonds. The van der Waals surface area contributed by atoms with E-state index in [-0.39, 0.29) is 0 Å². The van der Waals surface area contributed by atoms with Crippen LogP contribution in [-0.4, -0.2) is 16.2 Å². The normalized spacial score (nSPS) is 19.9. The van der Waals surface area contributed by atoms with Crippen LogP contribution in [-0.2, 0) is 4.79 Å². The second kappa shape index (κ2) is 4.18. The van der Waals surface area contributed by atoms with E-state index in [0.29, 0.717) is 18.4 Å². The van der Waals surface area contributed by atoms with Crippen LogP contribution in [0.15, 0.2) is 28.7 Å². The fourth-order valence-electron chi connectivity index (χ4n) is 2.16. The third-order valence-corrected chi connectivity index (χ3v) is 4.12. The van der Waals surface area contributed by atoms with Gasteiger partial charge in [-0.15, -0.1) is 0 Å². The Labute approximate surface area is 102 Å². The van der Waals surface area contributed by atoms with Gasteiger partial charge < -0.3 is 10.2 Å². The van der Waals surface area contributed by atoms with E-state index in [0.717, 1.165) is 10.9 Å². The largest absolute Gasteiger partial charge is 0.481 e. The first-order chi connectivity index (χ1) is 7.58. The first kappa shape index (κ1) is 11.6. The molecule has 0 bridgehead atoms. The van der Waals surface area contributed by atoms with Crippen LogP contribution >= 0.6 is 15.9 Å². The summed E-state index contributed by atoms with van der Waals surface area (Å²) in [6, 6.07) is 7.22. The summed E-state index contributed by atoms with van der Waals surface area (Å²) in [5.41, 5.74) is -0.325. The number of aliphatic hydroxyl groups excluding tert-OH is 1. The van der Waals surface area contributed by atoms with Crippen LogP contribution in [0.3, 0.4) is 0 Å². The highest BCUT2D eigenvalue weighted by atomic mass is 79.9. The summed E-state index contributed by atoms with van der Waals surface area (Å²) in [7, 11) is 0. The van der Waals surface area contributed by atoms with Crippen LogP contribution in [0.5, 0.6) is 0 Å². The Balaban J connectivity index is 2.35. The molecule has 1 aliphatic rings. The van der Waals surface area contributed by atoms with E-state index in [2.05, 4.69) is 15.9 Å². The van der Waals surface area contributed by atoms with Crippen molar-refractivity contribution in [2.24, 2.45) is 5.41 Å². The van der Waals surface area contributed by atoms with Crippen LogP contribution in [0, 0.1) is 5.41 Å². The minimum Gasteiger partial charge on any atom is -0.481 e. The van der Waals surface area contributed by atoms with Crippen molar-refractivity contribution in [1.82, 2.24) is 0 Å². The van der Waals surface area contributed by atoms with Crippen molar-refractivity contribution in [3.05, 3.63) is 34.3 Å². The van der Waals surface area contributed by atoms with E-state index in [1.165, 1.54) is 0 Å². The SMILES string of the molecule is O=C(O)C1(C(O)c2ccccc2Br)CCC1. The maximum absolute atomic E-state index is 11.3. The monoisotopic (exact) mass is 284 g/mol. The first-order valence-corrected chi connectivity index (χ1v) is 6.03.